The summed E-state index contributed by atoms with van der Waals surface area (Å²) in [6.07, 6.45) is 2.13. The molecule has 4 rings (SSSR count). The quantitative estimate of drug-likeness (QED) is 0.561. The first kappa shape index (κ1) is 16.5. The zero-order chi connectivity index (χ0) is 17.8. The van der Waals surface area contributed by atoms with Crippen LogP contribution in [0.5, 0.6) is 11.8 Å². The lowest BCUT2D eigenvalue weighted by Gasteiger charge is -2.22. The summed E-state index contributed by atoms with van der Waals surface area (Å²) < 4.78 is 11.6. The normalized spacial score (nSPS) is 16.0. The van der Waals surface area contributed by atoms with Crippen LogP contribution in [0, 0.1) is 0 Å². The molecule has 1 fully saturated rings. The average Bonchev–Trinajstić information content (AvgIpc) is 3.12. The summed E-state index contributed by atoms with van der Waals surface area (Å²) >= 11 is 0. The summed E-state index contributed by atoms with van der Waals surface area (Å²) in [7, 11) is 0. The summed E-state index contributed by atoms with van der Waals surface area (Å²) in [5.41, 5.74) is 1.44. The van der Waals surface area contributed by atoms with Gasteiger partial charge in [-0.2, -0.15) is 0 Å². The van der Waals surface area contributed by atoms with Crippen LogP contribution in [0.1, 0.15) is 25.5 Å². The van der Waals surface area contributed by atoms with Gasteiger partial charge in [0.2, 0.25) is 5.88 Å². The van der Waals surface area contributed by atoms with Gasteiger partial charge in [0.15, 0.2) is 5.76 Å². The van der Waals surface area contributed by atoms with Gasteiger partial charge in [-0.05, 0) is 45.0 Å². The number of ether oxygens (including phenoxy) is 1. The van der Waals surface area contributed by atoms with Crippen molar-refractivity contribution in [3.8, 4) is 11.8 Å². The number of nitrogens with zero attached hydrogens (tertiary/aromatic N) is 3. The molecule has 0 unspecified atom stereocenters. The second kappa shape index (κ2) is 7.53. The molecule has 2 aromatic heterocycles. The Labute approximate surface area is 151 Å². The number of aromatic nitrogens is 2. The highest BCUT2D eigenvalue weighted by Crippen LogP contribution is 2.20. The molecule has 0 radical (unpaired) electrons. The predicted octanol–water partition coefficient (Wildman–Crippen LogP) is 3.16. The fourth-order valence-electron chi connectivity index (χ4n) is 2.82. The molecule has 7 nitrogen and oxygen atoms in total. The van der Waals surface area contributed by atoms with Crippen molar-refractivity contribution < 1.29 is 14.0 Å². The molecule has 26 heavy (non-hydrogen) atoms. The van der Waals surface area contributed by atoms with Crippen molar-refractivity contribution >= 4 is 16.7 Å². The fourth-order valence-corrected chi connectivity index (χ4v) is 2.82. The summed E-state index contributed by atoms with van der Waals surface area (Å²) in [4.78, 5) is 5.35. The Morgan fingerprint density at radius 3 is 2.65 bits per heavy atom. The van der Waals surface area contributed by atoms with Gasteiger partial charge in [-0.3, -0.25) is 0 Å². The van der Waals surface area contributed by atoms with E-state index in [1.807, 2.05) is 37.3 Å². The molecule has 134 valence electrons. The van der Waals surface area contributed by atoms with E-state index in [0.29, 0.717) is 23.2 Å². The lowest BCUT2D eigenvalue weighted by Crippen LogP contribution is -2.34. The van der Waals surface area contributed by atoms with E-state index in [9.17, 15) is 0 Å². The van der Waals surface area contributed by atoms with Gasteiger partial charge in [0.05, 0.1) is 0 Å². The highest BCUT2D eigenvalue weighted by Gasteiger charge is 2.15. The molecular formula is C19H20N4O3. The van der Waals surface area contributed by atoms with Crippen LogP contribution in [-0.2, 0) is 0 Å². The van der Waals surface area contributed by atoms with E-state index in [2.05, 4.69) is 20.7 Å². The third-order valence-corrected chi connectivity index (χ3v) is 4.25. The molecule has 3 aromatic rings. The van der Waals surface area contributed by atoms with Gasteiger partial charge < -0.3 is 19.3 Å². The maximum atomic E-state index is 5.82. The summed E-state index contributed by atoms with van der Waals surface area (Å²) in [6, 6.07) is 13.2. The van der Waals surface area contributed by atoms with E-state index < -0.39 is 0 Å². The lowest BCUT2D eigenvalue weighted by molar-refractivity contribution is 0.153. The Bertz CT molecular complexity index is 866. The van der Waals surface area contributed by atoms with Crippen LogP contribution in [0.15, 0.2) is 52.0 Å². The highest BCUT2D eigenvalue weighted by molar-refractivity contribution is 5.99. The van der Waals surface area contributed by atoms with E-state index in [0.717, 1.165) is 36.9 Å². The van der Waals surface area contributed by atoms with Gasteiger partial charge >= 0.3 is 0 Å². The van der Waals surface area contributed by atoms with Crippen LogP contribution in [-0.4, -0.2) is 35.1 Å². The van der Waals surface area contributed by atoms with Gasteiger partial charge in [0, 0.05) is 17.5 Å². The number of rotatable bonds is 5. The molecule has 0 bridgehead atoms. The van der Waals surface area contributed by atoms with Crippen molar-refractivity contribution in [2.75, 3.05) is 13.1 Å². The van der Waals surface area contributed by atoms with Crippen molar-refractivity contribution in [1.82, 2.24) is 15.5 Å². The molecule has 0 spiro atoms. The molecular weight excluding hydrogens is 332 g/mol. The third-order valence-electron chi connectivity index (χ3n) is 4.25. The first-order valence-electron chi connectivity index (χ1n) is 8.69. The van der Waals surface area contributed by atoms with Gasteiger partial charge in [0.25, 0.3) is 5.88 Å². The van der Waals surface area contributed by atoms with Crippen molar-refractivity contribution in [2.24, 2.45) is 5.16 Å². The number of nitrogens with one attached hydrogen (secondary N) is 1. The molecule has 1 aliphatic heterocycles. The molecule has 0 saturated carbocycles. The van der Waals surface area contributed by atoms with Crippen molar-refractivity contribution in [1.29, 1.82) is 0 Å². The topological polar surface area (TPSA) is 81.8 Å². The molecule has 0 atom stereocenters. The summed E-state index contributed by atoms with van der Waals surface area (Å²) in [6.45, 7) is 3.75. The van der Waals surface area contributed by atoms with E-state index in [-0.39, 0.29) is 6.10 Å². The Morgan fingerprint density at radius 2 is 1.88 bits per heavy atom. The van der Waals surface area contributed by atoms with Crippen molar-refractivity contribution in [3.05, 3.63) is 48.2 Å². The minimum absolute atomic E-state index is 0.186. The SMILES string of the molecule is CC(=NOc1ccc(OC2CCNCC2)nn1)c1cc2ccccc2o1. The Morgan fingerprint density at radius 1 is 1.12 bits per heavy atom. The smallest absolute Gasteiger partial charge is 0.267 e. The van der Waals surface area contributed by atoms with Gasteiger partial charge in [-0.1, -0.05) is 23.4 Å². The van der Waals surface area contributed by atoms with Gasteiger partial charge in [-0.15, -0.1) is 10.2 Å². The largest absolute Gasteiger partial charge is 0.473 e. The number of para-hydroxylation sites is 1. The maximum absolute atomic E-state index is 5.82. The monoisotopic (exact) mass is 352 g/mol. The second-order valence-corrected chi connectivity index (χ2v) is 6.19. The van der Waals surface area contributed by atoms with Crippen molar-refractivity contribution in [3.63, 3.8) is 0 Å². The molecule has 0 aliphatic carbocycles. The number of oxime groups is 1. The zero-order valence-corrected chi connectivity index (χ0v) is 14.5. The predicted molar refractivity (Wildman–Crippen MR) is 97.6 cm³/mol. The highest BCUT2D eigenvalue weighted by atomic mass is 16.6. The van der Waals surface area contributed by atoms with Crippen molar-refractivity contribution in [2.45, 2.75) is 25.9 Å². The summed E-state index contributed by atoms with van der Waals surface area (Å²) in [5, 5.41) is 16.5. The fraction of sp³-hybridized carbons (Fsp3) is 0.316. The molecule has 1 N–H and O–H groups in total. The average molecular weight is 352 g/mol. The number of benzene rings is 1. The van der Waals surface area contributed by atoms with Crippen LogP contribution >= 0.6 is 0 Å². The number of piperidine rings is 1. The van der Waals surface area contributed by atoms with Crippen LogP contribution in [0.2, 0.25) is 0 Å². The molecule has 1 aromatic carbocycles. The van der Waals surface area contributed by atoms with E-state index in [1.165, 1.54) is 0 Å². The van der Waals surface area contributed by atoms with E-state index in [1.54, 1.807) is 12.1 Å². The number of furan rings is 1. The second-order valence-electron chi connectivity index (χ2n) is 6.19. The number of hydrogen-bond donors (Lipinski definition) is 1. The molecule has 1 aliphatic rings. The molecule has 1 saturated heterocycles. The molecule has 3 heterocycles. The Kier molecular flexibility index (Phi) is 4.79. The zero-order valence-electron chi connectivity index (χ0n) is 14.5. The standard InChI is InChI=1S/C19H20N4O3/c1-13(17-12-14-4-2-3-5-16(14)25-17)23-26-19-7-6-18(21-22-19)24-15-8-10-20-11-9-15/h2-7,12,15,20H,8-11H2,1H3. The van der Waals surface area contributed by atoms with Crippen LogP contribution < -0.4 is 14.9 Å². The summed E-state index contributed by atoms with van der Waals surface area (Å²) in [5.74, 6) is 1.46. The minimum atomic E-state index is 0.186. The Hall–Kier alpha value is -2.93. The van der Waals surface area contributed by atoms with Crippen LogP contribution in [0.25, 0.3) is 11.0 Å². The first-order valence-corrected chi connectivity index (χ1v) is 8.69. The maximum Gasteiger partial charge on any atom is 0.267 e. The van der Waals surface area contributed by atoms with Gasteiger partial charge in [0.1, 0.15) is 17.4 Å². The minimum Gasteiger partial charge on any atom is -0.473 e. The first-order chi connectivity index (χ1) is 12.8. The Balaban J connectivity index is 1.39. The van der Waals surface area contributed by atoms with Crippen LogP contribution in [0.3, 0.4) is 0 Å². The van der Waals surface area contributed by atoms with Crippen LogP contribution in [0.4, 0.5) is 0 Å². The van der Waals surface area contributed by atoms with E-state index >= 15 is 0 Å². The van der Waals surface area contributed by atoms with Gasteiger partial charge in [-0.25, -0.2) is 0 Å². The number of fused-ring (bicyclic) bond motifs is 1. The molecule has 7 heteroatoms. The third kappa shape index (κ3) is 3.83. The van der Waals surface area contributed by atoms with E-state index in [4.69, 9.17) is 14.0 Å². The lowest BCUT2D eigenvalue weighted by atomic mass is 10.1. The number of hydrogen-bond acceptors (Lipinski definition) is 7. The molecule has 0 amide bonds.